The van der Waals surface area contributed by atoms with E-state index in [1.165, 1.54) is 0 Å². The Bertz CT molecular complexity index is 2060. The smallest absolute Gasteiger partial charge is 0.338 e. The van der Waals surface area contributed by atoms with Gasteiger partial charge in [0.05, 0.1) is 23.3 Å². The Balaban J connectivity index is 1.28. The average molecular weight is 716 g/mol. The molecule has 1 aromatic heterocycles. The molecule has 10 nitrogen and oxygen atoms in total. The van der Waals surface area contributed by atoms with Gasteiger partial charge in [0.1, 0.15) is 29.8 Å². The maximum atomic E-state index is 13.8. The van der Waals surface area contributed by atoms with E-state index >= 15 is 0 Å². The third-order valence-corrected chi connectivity index (χ3v) is 9.25. The van der Waals surface area contributed by atoms with Gasteiger partial charge in [-0.15, -0.1) is 0 Å². The monoisotopic (exact) mass is 715 g/mol. The number of esters is 3. The van der Waals surface area contributed by atoms with E-state index in [2.05, 4.69) is 4.98 Å². The number of hydrogen-bond acceptors (Lipinski definition) is 11. The van der Waals surface area contributed by atoms with E-state index in [1.807, 2.05) is 48.5 Å². The molecule has 0 bridgehead atoms. The van der Waals surface area contributed by atoms with Gasteiger partial charge in [-0.25, -0.2) is 19.4 Å². The van der Waals surface area contributed by atoms with Crippen molar-refractivity contribution in [2.24, 2.45) is 0 Å². The quantitative estimate of drug-likeness (QED) is 0.0922. The topological polar surface area (TPSA) is 123 Å². The number of nitrogens with zero attached hydrogens (tertiary/aromatic N) is 1. The van der Waals surface area contributed by atoms with Crippen molar-refractivity contribution in [3.05, 3.63) is 168 Å². The summed E-state index contributed by atoms with van der Waals surface area (Å²) in [5, 5.41) is 0.271. The fourth-order valence-corrected chi connectivity index (χ4v) is 6.73. The van der Waals surface area contributed by atoms with Gasteiger partial charge >= 0.3 is 17.9 Å². The van der Waals surface area contributed by atoms with Crippen LogP contribution in [0.25, 0.3) is 11.1 Å². The summed E-state index contributed by atoms with van der Waals surface area (Å²) in [4.78, 5) is 45.2. The fraction of sp³-hybridized carbons (Fsp3) is 0.171. The zero-order valence-electron chi connectivity index (χ0n) is 27.7. The molecular weight excluding hydrogens is 683 g/mol. The van der Waals surface area contributed by atoms with Crippen molar-refractivity contribution in [3.8, 4) is 0 Å². The van der Waals surface area contributed by atoms with Crippen LogP contribution in [0.4, 0.5) is 0 Å². The molecule has 0 N–H and O–H groups in total. The van der Waals surface area contributed by atoms with Crippen molar-refractivity contribution >= 4 is 40.8 Å². The molecule has 0 aliphatic carbocycles. The van der Waals surface area contributed by atoms with Gasteiger partial charge in [-0.2, -0.15) is 0 Å². The summed E-state index contributed by atoms with van der Waals surface area (Å²) in [6.07, 6.45) is -4.69. The normalized spacial score (nSPS) is 19.8. The Morgan fingerprint density at radius 3 is 1.71 bits per heavy atom. The number of carbonyl (C=O) groups excluding carboxylic acids is 3. The van der Waals surface area contributed by atoms with Gasteiger partial charge in [-0.3, -0.25) is 0 Å². The third-order valence-electron chi connectivity index (χ3n) is 8.26. The molecule has 0 spiro atoms. The second-order valence-electron chi connectivity index (χ2n) is 11.8. The molecule has 5 aromatic carbocycles. The van der Waals surface area contributed by atoms with Crippen LogP contribution in [-0.2, 0) is 30.3 Å². The number of benzene rings is 5. The molecule has 1 saturated heterocycles. The van der Waals surface area contributed by atoms with Crippen molar-refractivity contribution in [2.75, 3.05) is 6.61 Å². The molecule has 5 atom stereocenters. The number of rotatable bonds is 12. The minimum atomic E-state index is -1.29. The van der Waals surface area contributed by atoms with Crippen molar-refractivity contribution in [2.45, 2.75) is 41.7 Å². The highest BCUT2D eigenvalue weighted by atomic mass is 32.2. The van der Waals surface area contributed by atoms with Crippen LogP contribution in [0.1, 0.15) is 36.6 Å². The molecule has 0 unspecified atom stereocenters. The standard InChI is InChI=1S/C41H33NO9S/c43-37(28-17-7-2-8-18-28)47-26-33-34(50-38(44)29-19-9-3-10-20-29)35(51-39(45)30-21-11-4-12-22-30)36(46-25-27-15-5-1-6-16-27)40(48-33)52-41-42-31-23-13-14-24-32(31)49-41/h1-24,33-36,40H,25-26H2/t33-,34-,35+,36-,40+/m1/s1. The Kier molecular flexibility index (Phi) is 11.0. The molecular formula is C41H33NO9S. The van der Waals surface area contributed by atoms with Crippen LogP contribution in [-0.4, -0.2) is 59.4 Å². The molecule has 0 saturated carbocycles. The van der Waals surface area contributed by atoms with Crippen LogP contribution in [0.3, 0.4) is 0 Å². The Morgan fingerprint density at radius 2 is 1.12 bits per heavy atom. The molecule has 52 heavy (non-hydrogen) atoms. The third kappa shape index (κ3) is 8.40. The second kappa shape index (κ2) is 16.5. The summed E-state index contributed by atoms with van der Waals surface area (Å²) < 4.78 is 37.4. The first-order valence-electron chi connectivity index (χ1n) is 16.6. The number of ether oxygens (including phenoxy) is 5. The number of thioether (sulfide) groups is 1. The van der Waals surface area contributed by atoms with Crippen LogP contribution < -0.4 is 0 Å². The highest BCUT2D eigenvalue weighted by molar-refractivity contribution is 7.99. The lowest BCUT2D eigenvalue weighted by Gasteiger charge is -2.44. The lowest BCUT2D eigenvalue weighted by atomic mass is 9.98. The van der Waals surface area contributed by atoms with Gasteiger partial charge in [0, 0.05) is 0 Å². The van der Waals surface area contributed by atoms with Gasteiger partial charge < -0.3 is 28.1 Å². The molecule has 262 valence electrons. The van der Waals surface area contributed by atoms with Crippen molar-refractivity contribution in [3.63, 3.8) is 0 Å². The zero-order chi connectivity index (χ0) is 35.7. The number of fused-ring (bicyclic) bond motifs is 1. The van der Waals surface area contributed by atoms with Crippen molar-refractivity contribution in [1.29, 1.82) is 0 Å². The maximum Gasteiger partial charge on any atom is 0.338 e. The highest BCUT2D eigenvalue weighted by Gasteiger charge is 2.52. The van der Waals surface area contributed by atoms with Crippen LogP contribution in [0.5, 0.6) is 0 Å². The fourth-order valence-electron chi connectivity index (χ4n) is 5.67. The number of carbonyl (C=O) groups is 3. The minimum Gasteiger partial charge on any atom is -0.459 e. The summed E-state index contributed by atoms with van der Waals surface area (Å²) in [5.74, 6) is -1.98. The molecule has 0 radical (unpaired) electrons. The summed E-state index contributed by atoms with van der Waals surface area (Å²) >= 11 is 1.11. The summed E-state index contributed by atoms with van der Waals surface area (Å²) in [6.45, 7) is -0.248. The Hall–Kier alpha value is -5.75. The predicted octanol–water partition coefficient (Wildman–Crippen LogP) is 7.54. The lowest BCUT2D eigenvalue weighted by molar-refractivity contribution is -0.221. The van der Waals surface area contributed by atoms with E-state index in [0.29, 0.717) is 16.7 Å². The molecule has 1 aliphatic heterocycles. The molecule has 1 fully saturated rings. The Morgan fingerprint density at radius 1 is 0.596 bits per heavy atom. The molecule has 6 aromatic rings. The molecule has 2 heterocycles. The number of oxazole rings is 1. The van der Waals surface area contributed by atoms with Crippen molar-refractivity contribution < 1.29 is 42.5 Å². The first kappa shape index (κ1) is 34.7. The first-order valence-corrected chi connectivity index (χ1v) is 17.5. The minimum absolute atomic E-state index is 0.103. The van der Waals surface area contributed by atoms with E-state index in [9.17, 15) is 14.4 Å². The van der Waals surface area contributed by atoms with Gasteiger partial charge in [0.15, 0.2) is 17.8 Å². The molecule has 7 rings (SSSR count). The summed E-state index contributed by atoms with van der Waals surface area (Å²) in [7, 11) is 0. The van der Waals surface area contributed by atoms with Gasteiger partial charge in [0.25, 0.3) is 5.22 Å². The molecule has 0 amide bonds. The molecule has 11 heteroatoms. The lowest BCUT2D eigenvalue weighted by Crippen LogP contribution is -2.61. The first-order chi connectivity index (χ1) is 25.5. The van der Waals surface area contributed by atoms with Crippen LogP contribution in [0, 0.1) is 0 Å². The van der Waals surface area contributed by atoms with Crippen LogP contribution in [0.2, 0.25) is 0 Å². The van der Waals surface area contributed by atoms with E-state index in [0.717, 1.165) is 17.3 Å². The van der Waals surface area contributed by atoms with E-state index < -0.39 is 47.8 Å². The molecule has 1 aliphatic rings. The SMILES string of the molecule is O=C(OC[C@H]1O[C@@H](Sc2nc3ccccc3o2)[C@H](OCc2ccccc2)[C@@H](OC(=O)c2ccccc2)[C@@H]1OC(=O)c1ccccc1)c1ccccc1. The van der Waals surface area contributed by atoms with Gasteiger partial charge in [0.2, 0.25) is 0 Å². The largest absolute Gasteiger partial charge is 0.459 e. The zero-order valence-corrected chi connectivity index (χ0v) is 28.5. The van der Waals surface area contributed by atoms with Crippen LogP contribution in [0.15, 0.2) is 155 Å². The van der Waals surface area contributed by atoms with Crippen molar-refractivity contribution in [1.82, 2.24) is 4.98 Å². The number of aromatic nitrogens is 1. The summed E-state index contributed by atoms with van der Waals surface area (Å²) in [5.41, 5.74) is 1.97. The highest BCUT2D eigenvalue weighted by Crippen LogP contribution is 2.39. The Labute approximate surface area is 303 Å². The average Bonchev–Trinajstić information content (AvgIpc) is 3.61. The number of hydrogen-bond donors (Lipinski definition) is 0. The number of para-hydroxylation sites is 2. The van der Waals surface area contributed by atoms with E-state index in [-0.39, 0.29) is 29.6 Å². The van der Waals surface area contributed by atoms with E-state index in [4.69, 9.17) is 28.1 Å². The van der Waals surface area contributed by atoms with Gasteiger partial charge in [-0.1, -0.05) is 97.1 Å². The predicted molar refractivity (Wildman–Crippen MR) is 192 cm³/mol. The van der Waals surface area contributed by atoms with Gasteiger partial charge in [-0.05, 0) is 65.9 Å². The van der Waals surface area contributed by atoms with Crippen LogP contribution >= 0.6 is 11.8 Å². The second-order valence-corrected chi connectivity index (χ2v) is 12.9. The maximum absolute atomic E-state index is 13.8. The van der Waals surface area contributed by atoms with E-state index in [1.54, 1.807) is 97.1 Å². The summed E-state index contributed by atoms with van der Waals surface area (Å²) in [6, 6.07) is 42.1.